The van der Waals surface area contributed by atoms with Gasteiger partial charge in [0.25, 0.3) is 0 Å². The van der Waals surface area contributed by atoms with E-state index >= 15 is 0 Å². The van der Waals surface area contributed by atoms with Crippen LogP contribution in [0.25, 0.3) is 10.9 Å². The standard InChI is InChI=1S/C20H21BrN2O3/c1-3-4-9-26-16-7-5-14(6-8-16)12-23-19-13(2)10-15(21)11-17(19)18(22-25)20(23)24/h5-8,10-11,24H,3-4,9,12H2,1-2H3. The van der Waals surface area contributed by atoms with Crippen LogP contribution in [0.15, 0.2) is 46.0 Å². The van der Waals surface area contributed by atoms with Gasteiger partial charge in [0, 0.05) is 9.86 Å². The van der Waals surface area contributed by atoms with E-state index in [9.17, 15) is 10.0 Å². The third kappa shape index (κ3) is 3.60. The molecule has 0 atom stereocenters. The van der Waals surface area contributed by atoms with Crippen molar-refractivity contribution in [2.75, 3.05) is 6.61 Å². The van der Waals surface area contributed by atoms with Crippen molar-refractivity contribution in [2.45, 2.75) is 33.2 Å². The van der Waals surface area contributed by atoms with E-state index in [1.165, 1.54) is 0 Å². The van der Waals surface area contributed by atoms with Gasteiger partial charge in [0.15, 0.2) is 5.69 Å². The van der Waals surface area contributed by atoms with E-state index in [0.29, 0.717) is 18.5 Å². The molecule has 0 aliphatic rings. The lowest BCUT2D eigenvalue weighted by Gasteiger charge is -2.10. The summed E-state index contributed by atoms with van der Waals surface area (Å²) in [6, 6.07) is 11.5. The minimum Gasteiger partial charge on any atom is -0.494 e. The zero-order valence-electron chi connectivity index (χ0n) is 14.8. The Labute approximate surface area is 160 Å². The molecule has 0 aliphatic carbocycles. The van der Waals surface area contributed by atoms with Gasteiger partial charge in [0.2, 0.25) is 5.88 Å². The molecule has 0 saturated carbocycles. The average Bonchev–Trinajstić information content (AvgIpc) is 2.88. The van der Waals surface area contributed by atoms with E-state index in [-0.39, 0.29) is 11.6 Å². The quantitative estimate of drug-likeness (QED) is 0.376. The third-order valence-corrected chi connectivity index (χ3v) is 4.84. The van der Waals surface area contributed by atoms with Gasteiger partial charge in [-0.2, -0.15) is 0 Å². The van der Waals surface area contributed by atoms with Gasteiger partial charge in [0.05, 0.1) is 18.7 Å². The molecule has 3 rings (SSSR count). The van der Waals surface area contributed by atoms with Crippen LogP contribution in [0.5, 0.6) is 11.6 Å². The topological polar surface area (TPSA) is 63.8 Å². The lowest BCUT2D eigenvalue weighted by Crippen LogP contribution is -2.01. The molecular weight excluding hydrogens is 396 g/mol. The molecule has 0 spiro atoms. The first-order valence-corrected chi connectivity index (χ1v) is 9.40. The highest BCUT2D eigenvalue weighted by molar-refractivity contribution is 9.10. The second-order valence-corrected chi connectivity index (χ2v) is 7.23. The summed E-state index contributed by atoms with van der Waals surface area (Å²) in [6.45, 7) is 5.22. The number of benzene rings is 2. The van der Waals surface area contributed by atoms with Gasteiger partial charge < -0.3 is 14.4 Å². The Kier molecular flexibility index (Phi) is 5.61. The number of nitrogens with zero attached hydrogens (tertiary/aromatic N) is 2. The SMILES string of the molecule is CCCCOc1ccc(Cn2c(O)c(N=O)c3cc(Br)cc(C)c32)cc1. The molecule has 5 nitrogen and oxygen atoms in total. The molecule has 0 bridgehead atoms. The summed E-state index contributed by atoms with van der Waals surface area (Å²) in [4.78, 5) is 11.2. The predicted octanol–water partition coefficient (Wildman–Crippen LogP) is 6.04. The number of nitroso groups, excluding NO2 is 1. The molecule has 2 aromatic carbocycles. The normalized spacial score (nSPS) is 11.0. The largest absolute Gasteiger partial charge is 0.494 e. The first-order valence-electron chi connectivity index (χ1n) is 8.61. The van der Waals surface area contributed by atoms with E-state index in [4.69, 9.17) is 4.74 Å². The minimum absolute atomic E-state index is 0.0731. The molecule has 26 heavy (non-hydrogen) atoms. The molecule has 3 aromatic rings. The van der Waals surface area contributed by atoms with Gasteiger partial charge in [-0.25, -0.2) is 0 Å². The number of aryl methyl sites for hydroxylation is 1. The molecule has 1 N–H and O–H groups in total. The Morgan fingerprint density at radius 2 is 1.96 bits per heavy atom. The zero-order valence-corrected chi connectivity index (χ0v) is 16.4. The molecule has 0 amide bonds. The first kappa shape index (κ1) is 18.5. The van der Waals surface area contributed by atoms with Gasteiger partial charge in [0.1, 0.15) is 5.75 Å². The van der Waals surface area contributed by atoms with Gasteiger partial charge in [-0.3, -0.25) is 0 Å². The number of ether oxygens (including phenoxy) is 1. The van der Waals surface area contributed by atoms with E-state index in [1.807, 2.05) is 37.3 Å². The van der Waals surface area contributed by atoms with Crippen molar-refractivity contribution in [1.82, 2.24) is 4.57 Å². The molecule has 1 aromatic heterocycles. The van der Waals surface area contributed by atoms with Crippen LogP contribution in [-0.4, -0.2) is 16.3 Å². The maximum absolute atomic E-state index is 11.2. The fourth-order valence-electron chi connectivity index (χ4n) is 3.08. The molecule has 0 saturated heterocycles. The van der Waals surface area contributed by atoms with E-state index in [1.54, 1.807) is 10.6 Å². The second-order valence-electron chi connectivity index (χ2n) is 6.31. The second kappa shape index (κ2) is 7.91. The molecule has 0 aliphatic heterocycles. The lowest BCUT2D eigenvalue weighted by molar-refractivity contribution is 0.309. The summed E-state index contributed by atoms with van der Waals surface area (Å²) in [5.74, 6) is 0.721. The lowest BCUT2D eigenvalue weighted by atomic mass is 10.1. The number of aromatic nitrogens is 1. The van der Waals surface area contributed by atoms with Crippen molar-refractivity contribution >= 4 is 32.5 Å². The van der Waals surface area contributed by atoms with Crippen LogP contribution < -0.4 is 4.74 Å². The Morgan fingerprint density at radius 1 is 1.23 bits per heavy atom. The maximum Gasteiger partial charge on any atom is 0.222 e. The van der Waals surface area contributed by atoms with Crippen LogP contribution >= 0.6 is 15.9 Å². The van der Waals surface area contributed by atoms with Crippen LogP contribution in [0.2, 0.25) is 0 Å². The monoisotopic (exact) mass is 416 g/mol. The van der Waals surface area contributed by atoms with Crippen LogP contribution in [0.4, 0.5) is 5.69 Å². The van der Waals surface area contributed by atoms with Crippen molar-refractivity contribution in [3.05, 3.63) is 56.9 Å². The Hall–Kier alpha value is -2.34. The highest BCUT2D eigenvalue weighted by atomic mass is 79.9. The number of hydrogen-bond donors (Lipinski definition) is 1. The van der Waals surface area contributed by atoms with Gasteiger partial charge in [-0.1, -0.05) is 41.4 Å². The molecule has 0 radical (unpaired) electrons. The van der Waals surface area contributed by atoms with Crippen molar-refractivity contribution in [3.8, 4) is 11.6 Å². The number of halogens is 1. The van der Waals surface area contributed by atoms with Crippen molar-refractivity contribution in [2.24, 2.45) is 5.18 Å². The predicted molar refractivity (Wildman–Crippen MR) is 107 cm³/mol. The van der Waals surface area contributed by atoms with Crippen molar-refractivity contribution in [1.29, 1.82) is 0 Å². The van der Waals surface area contributed by atoms with E-state index in [2.05, 4.69) is 28.0 Å². The zero-order chi connectivity index (χ0) is 18.7. The molecular formula is C20H21BrN2O3. The van der Waals surface area contributed by atoms with Crippen LogP contribution in [0.3, 0.4) is 0 Å². The van der Waals surface area contributed by atoms with Gasteiger partial charge in [-0.05, 0) is 53.9 Å². The summed E-state index contributed by atoms with van der Waals surface area (Å²) in [5.41, 5.74) is 2.84. The van der Waals surface area contributed by atoms with E-state index < -0.39 is 0 Å². The molecule has 6 heteroatoms. The Balaban J connectivity index is 1.94. The highest BCUT2D eigenvalue weighted by Crippen LogP contribution is 2.41. The molecule has 1 heterocycles. The number of fused-ring (bicyclic) bond motifs is 1. The van der Waals surface area contributed by atoms with E-state index in [0.717, 1.165) is 39.7 Å². The number of unbranched alkanes of at least 4 members (excludes halogenated alkanes) is 1. The van der Waals surface area contributed by atoms with Gasteiger partial charge in [-0.15, -0.1) is 4.91 Å². The number of aromatic hydroxyl groups is 1. The summed E-state index contributed by atoms with van der Waals surface area (Å²) in [6.07, 6.45) is 2.13. The fourth-order valence-corrected chi connectivity index (χ4v) is 3.65. The summed E-state index contributed by atoms with van der Waals surface area (Å²) >= 11 is 3.43. The summed E-state index contributed by atoms with van der Waals surface area (Å²) < 4.78 is 8.25. The molecule has 136 valence electrons. The average molecular weight is 417 g/mol. The Bertz CT molecular complexity index is 933. The van der Waals surface area contributed by atoms with Crippen molar-refractivity contribution in [3.63, 3.8) is 0 Å². The van der Waals surface area contributed by atoms with Crippen LogP contribution in [0, 0.1) is 11.8 Å². The molecule has 0 fully saturated rings. The summed E-state index contributed by atoms with van der Waals surface area (Å²) in [5, 5.41) is 14.2. The number of hydrogen-bond acceptors (Lipinski definition) is 4. The minimum atomic E-state index is -0.112. The Morgan fingerprint density at radius 3 is 2.62 bits per heavy atom. The van der Waals surface area contributed by atoms with Gasteiger partial charge >= 0.3 is 0 Å². The van der Waals surface area contributed by atoms with Crippen molar-refractivity contribution < 1.29 is 9.84 Å². The molecule has 0 unspecified atom stereocenters. The third-order valence-electron chi connectivity index (χ3n) is 4.38. The van der Waals surface area contributed by atoms with Crippen LogP contribution in [0.1, 0.15) is 30.9 Å². The van der Waals surface area contributed by atoms with Crippen LogP contribution in [-0.2, 0) is 6.54 Å². The highest BCUT2D eigenvalue weighted by Gasteiger charge is 2.19. The smallest absolute Gasteiger partial charge is 0.222 e. The number of rotatable bonds is 7. The summed E-state index contributed by atoms with van der Waals surface area (Å²) in [7, 11) is 0. The first-order chi connectivity index (χ1) is 12.5. The maximum atomic E-state index is 11.2. The fraction of sp³-hybridized carbons (Fsp3) is 0.300.